The van der Waals surface area contributed by atoms with Crippen molar-refractivity contribution in [2.75, 3.05) is 6.54 Å². The van der Waals surface area contributed by atoms with Gasteiger partial charge in [0.25, 0.3) is 0 Å². The lowest BCUT2D eigenvalue weighted by Gasteiger charge is -2.06. The number of pyridine rings is 1. The Balaban J connectivity index is 1.59. The lowest BCUT2D eigenvalue weighted by atomic mass is 10.1. The topological polar surface area (TPSA) is 24.9 Å². The Kier molecular flexibility index (Phi) is 4.68. The minimum absolute atomic E-state index is 0.926. The van der Waals surface area contributed by atoms with Crippen LogP contribution < -0.4 is 5.32 Å². The first-order valence-electron chi connectivity index (χ1n) is 7.02. The number of fused-ring (bicyclic) bond motifs is 1. The van der Waals surface area contributed by atoms with Gasteiger partial charge in [0, 0.05) is 32.4 Å². The third kappa shape index (κ3) is 3.51. The highest BCUT2D eigenvalue weighted by molar-refractivity contribution is 9.10. The van der Waals surface area contributed by atoms with E-state index in [2.05, 4.69) is 63.5 Å². The largest absolute Gasteiger partial charge is 0.312 e. The van der Waals surface area contributed by atoms with Gasteiger partial charge >= 0.3 is 0 Å². The van der Waals surface area contributed by atoms with Gasteiger partial charge in [-0.05, 0) is 53.5 Å². The first-order chi connectivity index (χ1) is 10.2. The van der Waals surface area contributed by atoms with Crippen molar-refractivity contribution in [1.29, 1.82) is 0 Å². The number of para-hydroxylation sites is 1. The van der Waals surface area contributed by atoms with Crippen LogP contribution in [0.5, 0.6) is 0 Å². The number of nitrogens with zero attached hydrogens (tertiary/aromatic N) is 1. The molecular weight excluding hydrogens is 344 g/mol. The molecule has 0 amide bonds. The third-order valence-electron chi connectivity index (χ3n) is 3.49. The van der Waals surface area contributed by atoms with E-state index in [0.717, 1.165) is 25.0 Å². The number of thiophene rings is 1. The Bertz CT molecular complexity index is 727. The van der Waals surface area contributed by atoms with Crippen LogP contribution >= 0.6 is 27.3 Å². The molecule has 0 bridgehead atoms. The lowest BCUT2D eigenvalue weighted by molar-refractivity contribution is 0.695. The van der Waals surface area contributed by atoms with Crippen LogP contribution in [0.15, 0.2) is 47.1 Å². The summed E-state index contributed by atoms with van der Waals surface area (Å²) >= 11 is 5.40. The molecule has 0 aliphatic heterocycles. The van der Waals surface area contributed by atoms with Gasteiger partial charge in [-0.25, -0.2) is 0 Å². The maximum Gasteiger partial charge on any atom is 0.0734 e. The summed E-state index contributed by atoms with van der Waals surface area (Å²) in [6.07, 6.45) is 2.87. The summed E-state index contributed by atoms with van der Waals surface area (Å²) in [6, 6.07) is 12.7. The van der Waals surface area contributed by atoms with Crippen LogP contribution in [0.3, 0.4) is 0 Å². The second kappa shape index (κ2) is 6.69. The Morgan fingerprint density at radius 2 is 2.10 bits per heavy atom. The van der Waals surface area contributed by atoms with Crippen LogP contribution in [0, 0.1) is 6.92 Å². The summed E-state index contributed by atoms with van der Waals surface area (Å²) in [5, 5.41) is 4.73. The number of rotatable bonds is 5. The molecule has 2 heterocycles. The molecule has 2 aromatic heterocycles. The quantitative estimate of drug-likeness (QED) is 0.667. The van der Waals surface area contributed by atoms with Crippen molar-refractivity contribution < 1.29 is 0 Å². The molecule has 0 atom stereocenters. The molecule has 0 unspecified atom stereocenters. The van der Waals surface area contributed by atoms with E-state index in [1.807, 2.05) is 23.6 Å². The van der Waals surface area contributed by atoms with E-state index in [9.17, 15) is 0 Å². The van der Waals surface area contributed by atoms with Gasteiger partial charge in [0.1, 0.15) is 0 Å². The smallest absolute Gasteiger partial charge is 0.0734 e. The molecular formula is C17H17BrN2S. The highest BCUT2D eigenvalue weighted by Gasteiger charge is 2.04. The van der Waals surface area contributed by atoms with Crippen LogP contribution in [-0.4, -0.2) is 11.5 Å². The fourth-order valence-electron chi connectivity index (χ4n) is 2.41. The minimum Gasteiger partial charge on any atom is -0.312 e. The van der Waals surface area contributed by atoms with Gasteiger partial charge < -0.3 is 5.32 Å². The highest BCUT2D eigenvalue weighted by atomic mass is 79.9. The third-order valence-corrected chi connectivity index (χ3v) is 5.63. The average molecular weight is 361 g/mol. The molecule has 0 saturated carbocycles. The number of nitrogens with one attached hydrogen (secondary N) is 1. The van der Waals surface area contributed by atoms with Gasteiger partial charge in [-0.15, -0.1) is 11.3 Å². The zero-order valence-corrected chi connectivity index (χ0v) is 14.3. The normalized spacial score (nSPS) is 11.1. The SMILES string of the molecule is Cc1sc(CNCCc2cccc3cccnc23)cc1Br. The molecule has 0 aliphatic carbocycles. The van der Waals surface area contributed by atoms with E-state index in [4.69, 9.17) is 0 Å². The molecule has 2 nitrogen and oxygen atoms in total. The van der Waals surface area contributed by atoms with Gasteiger partial charge in [0.15, 0.2) is 0 Å². The first-order valence-corrected chi connectivity index (χ1v) is 8.63. The predicted octanol–water partition coefficient (Wildman–Crippen LogP) is 4.70. The molecule has 0 aliphatic rings. The molecule has 0 spiro atoms. The van der Waals surface area contributed by atoms with Crippen molar-refractivity contribution in [2.45, 2.75) is 19.9 Å². The Morgan fingerprint density at radius 3 is 2.90 bits per heavy atom. The number of aromatic nitrogens is 1. The van der Waals surface area contributed by atoms with E-state index < -0.39 is 0 Å². The molecule has 3 aromatic rings. The summed E-state index contributed by atoms with van der Waals surface area (Å²) in [5.74, 6) is 0. The summed E-state index contributed by atoms with van der Waals surface area (Å²) in [5.41, 5.74) is 2.43. The van der Waals surface area contributed by atoms with Crippen molar-refractivity contribution in [2.24, 2.45) is 0 Å². The molecule has 1 aromatic carbocycles. The van der Waals surface area contributed by atoms with Crippen molar-refractivity contribution in [1.82, 2.24) is 10.3 Å². The average Bonchev–Trinajstić information content (AvgIpc) is 2.82. The summed E-state index contributed by atoms with van der Waals surface area (Å²) in [4.78, 5) is 7.21. The summed E-state index contributed by atoms with van der Waals surface area (Å²) in [6.45, 7) is 4.03. The van der Waals surface area contributed by atoms with Crippen molar-refractivity contribution in [3.63, 3.8) is 0 Å². The van der Waals surface area contributed by atoms with E-state index in [-0.39, 0.29) is 0 Å². The fourth-order valence-corrected chi connectivity index (χ4v) is 3.98. The molecule has 0 radical (unpaired) electrons. The highest BCUT2D eigenvalue weighted by Crippen LogP contribution is 2.26. The molecule has 108 valence electrons. The van der Waals surface area contributed by atoms with E-state index in [0.29, 0.717) is 0 Å². The number of hydrogen-bond acceptors (Lipinski definition) is 3. The Hall–Kier alpha value is -1.23. The lowest BCUT2D eigenvalue weighted by Crippen LogP contribution is -2.16. The number of halogens is 1. The van der Waals surface area contributed by atoms with E-state index in [1.54, 1.807) is 0 Å². The Labute approximate surface area is 137 Å². The zero-order chi connectivity index (χ0) is 14.7. The van der Waals surface area contributed by atoms with Crippen LogP contribution in [0.2, 0.25) is 0 Å². The van der Waals surface area contributed by atoms with Gasteiger partial charge in [-0.3, -0.25) is 4.98 Å². The van der Waals surface area contributed by atoms with Crippen LogP contribution in [-0.2, 0) is 13.0 Å². The van der Waals surface area contributed by atoms with Crippen molar-refractivity contribution >= 4 is 38.2 Å². The van der Waals surface area contributed by atoms with Gasteiger partial charge in [-0.2, -0.15) is 0 Å². The molecule has 4 heteroatoms. The van der Waals surface area contributed by atoms with Crippen LogP contribution in [0.25, 0.3) is 10.9 Å². The van der Waals surface area contributed by atoms with Crippen LogP contribution in [0.1, 0.15) is 15.3 Å². The minimum atomic E-state index is 0.926. The second-order valence-electron chi connectivity index (χ2n) is 5.04. The Morgan fingerprint density at radius 1 is 1.24 bits per heavy atom. The number of hydrogen-bond donors (Lipinski definition) is 1. The van der Waals surface area contributed by atoms with E-state index in [1.165, 1.54) is 25.2 Å². The van der Waals surface area contributed by atoms with Crippen molar-refractivity contribution in [3.05, 3.63) is 62.4 Å². The van der Waals surface area contributed by atoms with Gasteiger partial charge in [0.2, 0.25) is 0 Å². The monoisotopic (exact) mass is 360 g/mol. The molecule has 0 saturated heterocycles. The molecule has 1 N–H and O–H groups in total. The van der Waals surface area contributed by atoms with E-state index >= 15 is 0 Å². The van der Waals surface area contributed by atoms with Crippen LogP contribution in [0.4, 0.5) is 0 Å². The first kappa shape index (κ1) is 14.7. The van der Waals surface area contributed by atoms with Crippen molar-refractivity contribution in [3.8, 4) is 0 Å². The fraction of sp³-hybridized carbons (Fsp3) is 0.235. The number of benzene rings is 1. The summed E-state index contributed by atoms with van der Waals surface area (Å²) < 4.78 is 1.21. The summed E-state index contributed by atoms with van der Waals surface area (Å²) in [7, 11) is 0. The van der Waals surface area contributed by atoms with Gasteiger partial charge in [0.05, 0.1) is 5.52 Å². The molecule has 0 fully saturated rings. The predicted molar refractivity (Wildman–Crippen MR) is 93.9 cm³/mol. The molecule has 3 rings (SSSR count). The zero-order valence-electron chi connectivity index (χ0n) is 11.9. The van der Waals surface area contributed by atoms with Gasteiger partial charge in [-0.1, -0.05) is 24.3 Å². The second-order valence-corrected chi connectivity index (χ2v) is 7.23. The standard InChI is InChI=1S/C17H17BrN2S/c1-12-16(18)10-15(21-12)11-19-9-7-14-5-2-4-13-6-3-8-20-17(13)14/h2-6,8,10,19H,7,9,11H2,1H3. The maximum atomic E-state index is 4.50. The number of aryl methyl sites for hydroxylation is 1. The molecule has 21 heavy (non-hydrogen) atoms. The maximum absolute atomic E-state index is 4.50.